The van der Waals surface area contributed by atoms with Gasteiger partial charge in [0.2, 0.25) is 0 Å². The summed E-state index contributed by atoms with van der Waals surface area (Å²) in [6.07, 6.45) is 10.9. The number of nitrogens with zero attached hydrogens (tertiary/aromatic N) is 2. The highest BCUT2D eigenvalue weighted by Crippen LogP contribution is 2.41. The molecule has 0 unspecified atom stereocenters. The van der Waals surface area contributed by atoms with Crippen LogP contribution in [0.2, 0.25) is 0 Å². The Morgan fingerprint density at radius 1 is 1.32 bits per heavy atom. The zero-order valence-electron chi connectivity index (χ0n) is 17.3. The molecule has 28 heavy (non-hydrogen) atoms. The summed E-state index contributed by atoms with van der Waals surface area (Å²) < 4.78 is 2.38. The molecule has 1 aliphatic rings. The first-order valence-corrected chi connectivity index (χ1v) is 10.5. The molecule has 1 aromatic carbocycles. The fraction of sp³-hybridized carbons (Fsp3) is 0.458. The number of hydrogen-bond donors (Lipinski definition) is 2. The zero-order chi connectivity index (χ0) is 20.1. The van der Waals surface area contributed by atoms with E-state index in [0.29, 0.717) is 17.8 Å². The molecule has 4 N–H and O–H groups in total. The minimum absolute atomic E-state index is 0.505. The molecule has 4 nitrogen and oxygen atoms in total. The number of hydrogen-bond acceptors (Lipinski definition) is 2. The Morgan fingerprint density at radius 2 is 2.11 bits per heavy atom. The summed E-state index contributed by atoms with van der Waals surface area (Å²) in [5, 5.41) is 0. The van der Waals surface area contributed by atoms with Crippen molar-refractivity contribution in [1.29, 1.82) is 0 Å². The van der Waals surface area contributed by atoms with E-state index in [4.69, 9.17) is 11.5 Å². The smallest absolute Gasteiger partial charge is 0.133 e. The second-order valence-corrected chi connectivity index (χ2v) is 7.99. The first-order chi connectivity index (χ1) is 13.6. The van der Waals surface area contributed by atoms with Crippen LogP contribution in [0.3, 0.4) is 0 Å². The highest BCUT2D eigenvalue weighted by molar-refractivity contribution is 6.05. The van der Waals surface area contributed by atoms with Gasteiger partial charge in [0.15, 0.2) is 0 Å². The molecule has 0 atom stereocenters. The lowest BCUT2D eigenvalue weighted by molar-refractivity contribution is 0.202. The Kier molecular flexibility index (Phi) is 6.74. The lowest BCUT2D eigenvalue weighted by Gasteiger charge is -2.36. The second kappa shape index (κ2) is 9.24. The maximum absolute atomic E-state index is 6.35. The third-order valence-electron chi connectivity index (χ3n) is 6.02. The minimum atomic E-state index is 0.505. The summed E-state index contributed by atoms with van der Waals surface area (Å²) in [4.78, 5) is 4.30. The molecule has 4 heteroatoms. The van der Waals surface area contributed by atoms with E-state index in [1.54, 1.807) is 0 Å². The standard InChI is InChI=1S/C24H34N4/c1-4-6-7-9-18-10-8-11-20(12-18)22-16-28(21-13-19(14-21)15-25)17(3)23(22)24(26)27-5-2/h5,8,10-12,16,19,21H,2,4,6-7,9,13-15,25H2,1,3H3,(H2,26,27). The van der Waals surface area contributed by atoms with Crippen molar-refractivity contribution >= 4 is 5.84 Å². The van der Waals surface area contributed by atoms with Crippen molar-refractivity contribution in [3.8, 4) is 11.1 Å². The van der Waals surface area contributed by atoms with Crippen LogP contribution in [0.15, 0.2) is 48.2 Å². The number of aromatic nitrogens is 1. The Labute approximate surface area is 169 Å². The highest BCUT2D eigenvalue weighted by Gasteiger charge is 2.31. The average Bonchev–Trinajstić information content (AvgIpc) is 2.99. The van der Waals surface area contributed by atoms with Crippen molar-refractivity contribution in [2.24, 2.45) is 22.4 Å². The number of unbranched alkanes of at least 4 members (excludes halogenated alkanes) is 2. The van der Waals surface area contributed by atoms with Crippen LogP contribution in [-0.2, 0) is 6.42 Å². The van der Waals surface area contributed by atoms with Crippen molar-refractivity contribution in [2.75, 3.05) is 6.54 Å². The molecular weight excluding hydrogens is 344 g/mol. The topological polar surface area (TPSA) is 69.3 Å². The molecule has 2 aromatic rings. The molecule has 0 bridgehead atoms. The molecule has 3 rings (SSSR count). The van der Waals surface area contributed by atoms with Gasteiger partial charge in [0.1, 0.15) is 5.84 Å². The zero-order valence-corrected chi connectivity index (χ0v) is 17.3. The summed E-state index contributed by atoms with van der Waals surface area (Å²) in [6.45, 7) is 8.88. The Hall–Kier alpha value is -2.33. The van der Waals surface area contributed by atoms with Crippen LogP contribution >= 0.6 is 0 Å². The van der Waals surface area contributed by atoms with Gasteiger partial charge in [0.05, 0.1) is 0 Å². The van der Waals surface area contributed by atoms with E-state index < -0.39 is 0 Å². The Morgan fingerprint density at radius 3 is 2.79 bits per heavy atom. The lowest BCUT2D eigenvalue weighted by Crippen LogP contribution is -2.32. The van der Waals surface area contributed by atoms with Gasteiger partial charge in [-0.25, -0.2) is 4.99 Å². The summed E-state index contributed by atoms with van der Waals surface area (Å²) in [6, 6.07) is 9.37. The molecule has 1 fully saturated rings. The maximum Gasteiger partial charge on any atom is 0.133 e. The summed E-state index contributed by atoms with van der Waals surface area (Å²) in [7, 11) is 0. The van der Waals surface area contributed by atoms with E-state index in [1.807, 2.05) is 0 Å². The predicted molar refractivity (Wildman–Crippen MR) is 120 cm³/mol. The van der Waals surface area contributed by atoms with Crippen LogP contribution in [0, 0.1) is 12.8 Å². The van der Waals surface area contributed by atoms with Gasteiger partial charge in [-0.2, -0.15) is 0 Å². The second-order valence-electron chi connectivity index (χ2n) is 7.99. The van der Waals surface area contributed by atoms with Gasteiger partial charge in [0, 0.05) is 35.3 Å². The van der Waals surface area contributed by atoms with Crippen LogP contribution in [-0.4, -0.2) is 16.9 Å². The fourth-order valence-corrected chi connectivity index (χ4v) is 4.30. The molecule has 0 radical (unpaired) electrons. The molecule has 1 saturated carbocycles. The molecule has 0 spiro atoms. The summed E-state index contributed by atoms with van der Waals surface area (Å²) in [5.74, 6) is 1.17. The number of rotatable bonds is 9. The van der Waals surface area contributed by atoms with Crippen molar-refractivity contribution in [2.45, 2.75) is 58.4 Å². The van der Waals surface area contributed by atoms with Crippen LogP contribution in [0.1, 0.15) is 61.9 Å². The Bertz CT molecular complexity index is 840. The van der Waals surface area contributed by atoms with Crippen LogP contribution in [0.5, 0.6) is 0 Å². The van der Waals surface area contributed by atoms with Crippen molar-refractivity contribution in [3.05, 3.63) is 60.1 Å². The lowest BCUT2D eigenvalue weighted by atomic mass is 9.80. The maximum atomic E-state index is 6.35. The van der Waals surface area contributed by atoms with Crippen molar-refractivity contribution in [3.63, 3.8) is 0 Å². The molecular formula is C24H34N4. The van der Waals surface area contributed by atoms with E-state index in [1.165, 1.54) is 42.3 Å². The number of aryl methyl sites for hydroxylation is 1. The first kappa shape index (κ1) is 20.4. The van der Waals surface area contributed by atoms with Gasteiger partial charge in [0.25, 0.3) is 0 Å². The summed E-state index contributed by atoms with van der Waals surface area (Å²) in [5.41, 5.74) is 18.1. The van der Waals surface area contributed by atoms with Gasteiger partial charge < -0.3 is 16.0 Å². The van der Waals surface area contributed by atoms with Gasteiger partial charge in [-0.05, 0) is 56.2 Å². The monoisotopic (exact) mass is 378 g/mol. The molecule has 0 amide bonds. The van der Waals surface area contributed by atoms with Crippen LogP contribution < -0.4 is 11.5 Å². The normalized spacial score (nSPS) is 19.5. The Balaban J connectivity index is 1.98. The fourth-order valence-electron chi connectivity index (χ4n) is 4.30. The third kappa shape index (κ3) is 4.22. The van der Waals surface area contributed by atoms with Crippen molar-refractivity contribution < 1.29 is 0 Å². The predicted octanol–water partition coefficient (Wildman–Crippen LogP) is 4.95. The SMILES string of the molecule is C=CN=C(N)c1c(-c2cccc(CCCCC)c2)cn(C2CC(CN)C2)c1C. The molecule has 1 aliphatic carbocycles. The first-order valence-electron chi connectivity index (χ1n) is 10.5. The van der Waals surface area contributed by atoms with Gasteiger partial charge in [-0.15, -0.1) is 0 Å². The molecule has 150 valence electrons. The quantitative estimate of drug-likeness (QED) is 0.368. The van der Waals surface area contributed by atoms with Gasteiger partial charge >= 0.3 is 0 Å². The molecule has 0 aliphatic heterocycles. The van der Waals surface area contributed by atoms with Gasteiger partial charge in [-0.1, -0.05) is 50.6 Å². The number of nitrogens with two attached hydrogens (primary N) is 2. The van der Waals surface area contributed by atoms with E-state index >= 15 is 0 Å². The number of benzene rings is 1. The van der Waals surface area contributed by atoms with E-state index in [9.17, 15) is 0 Å². The molecule has 0 saturated heterocycles. The number of amidine groups is 1. The van der Waals surface area contributed by atoms with Crippen LogP contribution in [0.4, 0.5) is 0 Å². The van der Waals surface area contributed by atoms with Gasteiger partial charge in [-0.3, -0.25) is 0 Å². The van der Waals surface area contributed by atoms with E-state index in [2.05, 4.69) is 60.4 Å². The highest BCUT2D eigenvalue weighted by atomic mass is 15.0. The molecule has 1 aromatic heterocycles. The summed E-state index contributed by atoms with van der Waals surface area (Å²) >= 11 is 0. The van der Waals surface area contributed by atoms with Crippen molar-refractivity contribution in [1.82, 2.24) is 4.57 Å². The number of aliphatic imine (C=N–C) groups is 1. The van der Waals surface area contributed by atoms with E-state index in [-0.39, 0.29) is 0 Å². The minimum Gasteiger partial charge on any atom is -0.383 e. The van der Waals surface area contributed by atoms with E-state index in [0.717, 1.165) is 36.9 Å². The largest absolute Gasteiger partial charge is 0.383 e. The molecule has 1 heterocycles. The van der Waals surface area contributed by atoms with Crippen LogP contribution in [0.25, 0.3) is 11.1 Å². The third-order valence-corrected chi connectivity index (χ3v) is 6.02. The average molecular weight is 379 g/mol.